The third kappa shape index (κ3) is 8.39. The molecule has 0 saturated carbocycles. The normalized spacial score (nSPS) is 23.3. The van der Waals surface area contributed by atoms with Crippen molar-refractivity contribution in [2.75, 3.05) is 13.1 Å². The van der Waals surface area contributed by atoms with Gasteiger partial charge in [-0.15, -0.1) is 0 Å². The Kier molecular flexibility index (Phi) is 8.71. The Morgan fingerprint density at radius 2 is 1.31 bits per heavy atom. The summed E-state index contributed by atoms with van der Waals surface area (Å²) in [5.74, 6) is -1.78. The van der Waals surface area contributed by atoms with Crippen molar-refractivity contribution in [2.45, 2.75) is 84.6 Å². The van der Waals surface area contributed by atoms with Crippen LogP contribution in [0.15, 0.2) is 12.2 Å². The van der Waals surface area contributed by atoms with Crippen molar-refractivity contribution in [1.29, 1.82) is 0 Å². The van der Waals surface area contributed by atoms with Crippen LogP contribution < -0.4 is 0 Å². The molecule has 10 nitrogen and oxygen atoms in total. The van der Waals surface area contributed by atoms with Gasteiger partial charge in [-0.05, 0) is 53.9 Å². The fourth-order valence-electron chi connectivity index (χ4n) is 3.33. The molecule has 0 bridgehead atoms. The van der Waals surface area contributed by atoms with Crippen LogP contribution in [0.4, 0.5) is 9.59 Å². The first kappa shape index (κ1) is 27.3. The standard InChI is InChI=1S/C11H19NO4.C11H17NO4/c2*1-7-5-8(9(13)14)12(6-7)10(15)16-11(2,3)4/h7-8H,5-6H2,1-4H3,(H,13,14);8H,1,5-6H2,2-4H3,(H,13,14)/t7?,8-;8-/m00/s1. The van der Waals surface area contributed by atoms with Crippen molar-refractivity contribution in [1.82, 2.24) is 9.80 Å². The average Bonchev–Trinajstić information content (AvgIpc) is 3.15. The van der Waals surface area contributed by atoms with Gasteiger partial charge >= 0.3 is 24.1 Å². The highest BCUT2D eigenvalue weighted by Crippen LogP contribution is 2.25. The second-order valence-corrected chi connectivity index (χ2v) is 10.2. The summed E-state index contributed by atoms with van der Waals surface area (Å²) in [5, 5.41) is 18.0. The minimum atomic E-state index is -1.02. The maximum absolute atomic E-state index is 11.8. The van der Waals surface area contributed by atoms with Crippen molar-refractivity contribution in [2.24, 2.45) is 5.92 Å². The van der Waals surface area contributed by atoms with E-state index in [0.717, 1.165) is 5.57 Å². The van der Waals surface area contributed by atoms with Gasteiger partial charge in [0, 0.05) is 19.5 Å². The summed E-state index contributed by atoms with van der Waals surface area (Å²) >= 11 is 0. The number of carbonyl (C=O) groups is 4. The van der Waals surface area contributed by atoms with Gasteiger partial charge in [-0.2, -0.15) is 0 Å². The Morgan fingerprint density at radius 1 is 0.875 bits per heavy atom. The molecule has 182 valence electrons. The number of amides is 2. The smallest absolute Gasteiger partial charge is 0.411 e. The molecule has 2 aliphatic rings. The zero-order valence-electron chi connectivity index (χ0n) is 20.0. The van der Waals surface area contributed by atoms with Gasteiger partial charge in [0.15, 0.2) is 0 Å². The number of aliphatic carboxylic acids is 2. The summed E-state index contributed by atoms with van der Waals surface area (Å²) in [4.78, 5) is 47.9. The Labute approximate surface area is 189 Å². The highest BCUT2D eigenvalue weighted by Gasteiger charge is 2.40. The second kappa shape index (κ2) is 10.2. The third-order valence-electron chi connectivity index (χ3n) is 4.59. The van der Waals surface area contributed by atoms with E-state index in [-0.39, 0.29) is 12.5 Å². The van der Waals surface area contributed by atoms with E-state index in [2.05, 4.69) is 6.58 Å². The predicted octanol–water partition coefficient (Wildman–Crippen LogP) is 3.35. The lowest BCUT2D eigenvalue weighted by molar-refractivity contribution is -0.142. The van der Waals surface area contributed by atoms with E-state index in [1.165, 1.54) is 9.80 Å². The number of hydrogen-bond acceptors (Lipinski definition) is 6. The lowest BCUT2D eigenvalue weighted by Gasteiger charge is -2.26. The van der Waals surface area contributed by atoms with Gasteiger partial charge in [0.05, 0.1) is 0 Å². The molecule has 2 heterocycles. The van der Waals surface area contributed by atoms with E-state index >= 15 is 0 Å². The van der Waals surface area contributed by atoms with Gasteiger partial charge in [-0.3, -0.25) is 9.80 Å². The number of rotatable bonds is 2. The predicted molar refractivity (Wildman–Crippen MR) is 116 cm³/mol. The Bertz CT molecular complexity index is 750. The first-order chi connectivity index (χ1) is 14.4. The first-order valence-corrected chi connectivity index (χ1v) is 10.5. The zero-order valence-corrected chi connectivity index (χ0v) is 20.0. The number of carboxylic acid groups (broad SMARTS) is 2. The fourth-order valence-corrected chi connectivity index (χ4v) is 3.33. The molecular formula is C22H36N2O8. The van der Waals surface area contributed by atoms with Gasteiger partial charge in [-0.25, -0.2) is 19.2 Å². The van der Waals surface area contributed by atoms with Crippen LogP contribution in [-0.4, -0.2) is 80.5 Å². The lowest BCUT2D eigenvalue weighted by atomic mass is 10.1. The van der Waals surface area contributed by atoms with Crippen LogP contribution in [0.5, 0.6) is 0 Å². The number of hydrogen-bond donors (Lipinski definition) is 2. The molecule has 0 radical (unpaired) electrons. The SMILES string of the molecule is C=C1C[C@@H](C(=O)O)N(C(=O)OC(C)(C)C)C1.CC1C[C@@H](C(=O)O)N(C(=O)OC(C)(C)C)C1. The van der Waals surface area contributed by atoms with Crippen LogP contribution in [0.25, 0.3) is 0 Å². The van der Waals surface area contributed by atoms with Crippen LogP contribution in [0.3, 0.4) is 0 Å². The Morgan fingerprint density at radius 3 is 1.72 bits per heavy atom. The topological polar surface area (TPSA) is 134 Å². The molecule has 1 unspecified atom stereocenters. The molecule has 2 amide bonds. The van der Waals surface area contributed by atoms with E-state index in [1.54, 1.807) is 41.5 Å². The van der Waals surface area contributed by atoms with Crippen LogP contribution >= 0.6 is 0 Å². The fraction of sp³-hybridized carbons (Fsp3) is 0.727. The summed E-state index contributed by atoms with van der Waals surface area (Å²) in [5.41, 5.74) is -0.478. The molecule has 0 aliphatic carbocycles. The molecule has 2 N–H and O–H groups in total. The highest BCUT2D eigenvalue weighted by atomic mass is 16.6. The van der Waals surface area contributed by atoms with E-state index in [0.29, 0.717) is 19.4 Å². The third-order valence-corrected chi connectivity index (χ3v) is 4.59. The van der Waals surface area contributed by atoms with E-state index in [4.69, 9.17) is 19.7 Å². The van der Waals surface area contributed by atoms with Gasteiger partial charge < -0.3 is 19.7 Å². The average molecular weight is 457 g/mol. The molecule has 2 fully saturated rings. The van der Waals surface area contributed by atoms with Crippen molar-refractivity contribution in [3.05, 3.63) is 12.2 Å². The summed E-state index contributed by atoms with van der Waals surface area (Å²) in [6.07, 6.45) is -0.342. The van der Waals surface area contributed by atoms with Crippen molar-refractivity contribution >= 4 is 24.1 Å². The molecule has 0 spiro atoms. The summed E-state index contributed by atoms with van der Waals surface area (Å²) in [6, 6.07) is -1.59. The maximum Gasteiger partial charge on any atom is 0.411 e. The summed E-state index contributed by atoms with van der Waals surface area (Å²) < 4.78 is 10.3. The Hall–Kier alpha value is -2.78. The molecule has 2 rings (SSSR count). The quantitative estimate of drug-likeness (QED) is 0.604. The monoisotopic (exact) mass is 456 g/mol. The Balaban J connectivity index is 0.000000320. The number of ether oxygens (including phenoxy) is 2. The van der Waals surface area contributed by atoms with E-state index in [1.807, 2.05) is 6.92 Å². The number of likely N-dealkylation sites (tertiary alicyclic amines) is 2. The van der Waals surface area contributed by atoms with Crippen LogP contribution in [0.1, 0.15) is 61.3 Å². The molecule has 0 aromatic rings. The lowest BCUT2D eigenvalue weighted by Crippen LogP contribution is -2.43. The van der Waals surface area contributed by atoms with Crippen LogP contribution in [0.2, 0.25) is 0 Å². The van der Waals surface area contributed by atoms with E-state index in [9.17, 15) is 19.2 Å². The second-order valence-electron chi connectivity index (χ2n) is 10.2. The van der Waals surface area contributed by atoms with Crippen molar-refractivity contribution in [3.63, 3.8) is 0 Å². The number of carbonyl (C=O) groups excluding carboxylic acids is 2. The van der Waals surface area contributed by atoms with Gasteiger partial charge in [0.2, 0.25) is 0 Å². The largest absolute Gasteiger partial charge is 0.480 e. The van der Waals surface area contributed by atoms with Crippen molar-refractivity contribution in [3.8, 4) is 0 Å². The molecule has 2 aliphatic heterocycles. The molecule has 0 aromatic heterocycles. The minimum Gasteiger partial charge on any atom is -0.480 e. The maximum atomic E-state index is 11.8. The molecule has 0 aromatic carbocycles. The van der Waals surface area contributed by atoms with Crippen LogP contribution in [0, 0.1) is 5.92 Å². The number of carboxylic acids is 2. The highest BCUT2D eigenvalue weighted by molar-refractivity contribution is 5.82. The molecule has 3 atom stereocenters. The molecule has 2 saturated heterocycles. The van der Waals surface area contributed by atoms with Gasteiger partial charge in [-0.1, -0.05) is 19.1 Å². The van der Waals surface area contributed by atoms with Crippen LogP contribution in [-0.2, 0) is 19.1 Å². The van der Waals surface area contributed by atoms with E-state index < -0.39 is 47.4 Å². The number of nitrogens with zero attached hydrogens (tertiary/aromatic N) is 2. The molecule has 32 heavy (non-hydrogen) atoms. The zero-order chi connectivity index (χ0) is 25.0. The summed E-state index contributed by atoms with van der Waals surface area (Å²) in [6.45, 7) is 16.9. The molecule has 10 heteroatoms. The van der Waals surface area contributed by atoms with Crippen molar-refractivity contribution < 1.29 is 38.9 Å². The van der Waals surface area contributed by atoms with Gasteiger partial charge in [0.1, 0.15) is 23.3 Å². The molecular weight excluding hydrogens is 420 g/mol. The van der Waals surface area contributed by atoms with Gasteiger partial charge in [0.25, 0.3) is 0 Å². The first-order valence-electron chi connectivity index (χ1n) is 10.5. The summed E-state index contributed by atoms with van der Waals surface area (Å²) in [7, 11) is 0. The minimum absolute atomic E-state index is 0.202.